The molecule has 0 aliphatic rings. The third kappa shape index (κ3) is 2.95. The number of aromatic nitrogens is 1. The molecule has 72 valence electrons. The highest BCUT2D eigenvalue weighted by Crippen LogP contribution is 2.31. The van der Waals surface area contributed by atoms with Crippen molar-refractivity contribution < 1.29 is 13.2 Å². The molecule has 13 heavy (non-hydrogen) atoms. The maximum Gasteiger partial charge on any atom is 0.416 e. The lowest BCUT2D eigenvalue weighted by atomic mass is 10.2. The number of alkyl halides is 4. The van der Waals surface area contributed by atoms with Crippen LogP contribution in [0.2, 0.25) is 0 Å². The van der Waals surface area contributed by atoms with Crippen molar-refractivity contribution in [3.63, 3.8) is 0 Å². The first-order chi connectivity index (χ1) is 5.93. The molecule has 6 heteroatoms. The van der Waals surface area contributed by atoms with Crippen LogP contribution in [-0.2, 0) is 11.5 Å². The fourth-order valence-corrected chi connectivity index (χ4v) is 1.54. The number of rotatable bonds is 1. The molecule has 0 spiro atoms. The number of halogens is 5. The molecule has 0 aromatic carbocycles. The second-order valence-electron chi connectivity index (χ2n) is 2.30. The lowest BCUT2D eigenvalue weighted by Crippen LogP contribution is -2.06. The predicted molar refractivity (Wildman–Crippen MR) is 49.6 cm³/mol. The fourth-order valence-electron chi connectivity index (χ4n) is 0.783. The van der Waals surface area contributed by atoms with E-state index in [-0.39, 0.29) is 4.60 Å². The summed E-state index contributed by atoms with van der Waals surface area (Å²) in [7, 11) is 0. The van der Waals surface area contributed by atoms with Crippen LogP contribution < -0.4 is 0 Å². The molecule has 0 saturated carbocycles. The Bertz CT molecular complexity index is 311. The molecule has 0 unspecified atom stereocenters. The third-order valence-electron chi connectivity index (χ3n) is 1.31. The summed E-state index contributed by atoms with van der Waals surface area (Å²) < 4.78 is 36.9. The molecule has 1 heterocycles. The quantitative estimate of drug-likeness (QED) is 0.567. The van der Waals surface area contributed by atoms with Crippen LogP contribution in [0, 0.1) is 0 Å². The molecule has 0 atom stereocenters. The summed E-state index contributed by atoms with van der Waals surface area (Å²) in [6.45, 7) is 0. The zero-order valence-electron chi connectivity index (χ0n) is 6.20. The van der Waals surface area contributed by atoms with Gasteiger partial charge in [0, 0.05) is 5.33 Å². The minimum absolute atomic E-state index is 0.191. The normalized spacial score (nSPS) is 11.8. The SMILES string of the molecule is FC(F)(F)c1cc(Br)nc(CBr)c1. The van der Waals surface area contributed by atoms with Crippen molar-refractivity contribution in [2.75, 3.05) is 0 Å². The van der Waals surface area contributed by atoms with Gasteiger partial charge in [-0.3, -0.25) is 0 Å². The molecule has 0 radical (unpaired) electrons. The highest BCUT2D eigenvalue weighted by atomic mass is 79.9. The number of pyridine rings is 1. The van der Waals surface area contributed by atoms with Crippen molar-refractivity contribution in [1.29, 1.82) is 0 Å². The van der Waals surface area contributed by atoms with E-state index in [0.29, 0.717) is 11.0 Å². The summed E-state index contributed by atoms with van der Waals surface area (Å²) in [5, 5.41) is 0.301. The Balaban J connectivity index is 3.16. The second-order valence-corrected chi connectivity index (χ2v) is 3.67. The zero-order valence-corrected chi connectivity index (χ0v) is 9.37. The maximum absolute atomic E-state index is 12.2. The smallest absolute Gasteiger partial charge is 0.245 e. The van der Waals surface area contributed by atoms with Gasteiger partial charge >= 0.3 is 6.18 Å². The molecule has 0 aliphatic heterocycles. The van der Waals surface area contributed by atoms with Gasteiger partial charge in [0.15, 0.2) is 0 Å². The second kappa shape index (κ2) is 3.96. The van der Waals surface area contributed by atoms with Crippen LogP contribution in [-0.4, -0.2) is 4.98 Å². The monoisotopic (exact) mass is 317 g/mol. The fraction of sp³-hybridized carbons (Fsp3) is 0.286. The Labute approximate surface area is 89.6 Å². The van der Waals surface area contributed by atoms with Gasteiger partial charge in [0.1, 0.15) is 4.60 Å². The summed E-state index contributed by atoms with van der Waals surface area (Å²) in [6, 6.07) is 1.96. The highest BCUT2D eigenvalue weighted by Gasteiger charge is 2.31. The summed E-state index contributed by atoms with van der Waals surface area (Å²) in [6.07, 6.45) is -4.32. The third-order valence-corrected chi connectivity index (χ3v) is 2.29. The molecular weight excluding hydrogens is 315 g/mol. The Kier molecular flexibility index (Phi) is 3.34. The van der Waals surface area contributed by atoms with E-state index >= 15 is 0 Å². The first kappa shape index (κ1) is 11.0. The summed E-state index contributed by atoms with van der Waals surface area (Å²) in [4.78, 5) is 3.84. The largest absolute Gasteiger partial charge is 0.416 e. The summed E-state index contributed by atoms with van der Waals surface area (Å²) in [5.74, 6) is 0. The van der Waals surface area contributed by atoms with Crippen LogP contribution in [0.1, 0.15) is 11.3 Å². The molecule has 1 aromatic rings. The summed E-state index contributed by atoms with van der Waals surface area (Å²) >= 11 is 5.96. The zero-order chi connectivity index (χ0) is 10.1. The van der Waals surface area contributed by atoms with Gasteiger partial charge in [0.25, 0.3) is 0 Å². The van der Waals surface area contributed by atoms with Crippen LogP contribution in [0.25, 0.3) is 0 Å². The highest BCUT2D eigenvalue weighted by molar-refractivity contribution is 9.10. The van der Waals surface area contributed by atoms with E-state index in [9.17, 15) is 13.2 Å². The molecule has 0 amide bonds. The molecule has 0 saturated heterocycles. The molecule has 0 fully saturated rings. The summed E-state index contributed by atoms with van der Waals surface area (Å²) in [5.41, 5.74) is -0.342. The number of hydrogen-bond donors (Lipinski definition) is 0. The van der Waals surface area contributed by atoms with Crippen LogP contribution in [0.3, 0.4) is 0 Å². The van der Waals surface area contributed by atoms with E-state index in [1.165, 1.54) is 0 Å². The molecular formula is C7H4Br2F3N. The molecule has 0 N–H and O–H groups in total. The minimum Gasteiger partial charge on any atom is -0.245 e. The van der Waals surface area contributed by atoms with Crippen molar-refractivity contribution >= 4 is 31.9 Å². The van der Waals surface area contributed by atoms with Gasteiger partial charge in [0.2, 0.25) is 0 Å². The molecule has 1 nitrogen and oxygen atoms in total. The Morgan fingerprint density at radius 3 is 2.38 bits per heavy atom. The van der Waals surface area contributed by atoms with Gasteiger partial charge in [0.05, 0.1) is 11.3 Å². The van der Waals surface area contributed by atoms with Gasteiger partial charge < -0.3 is 0 Å². The van der Waals surface area contributed by atoms with E-state index in [1.54, 1.807) is 0 Å². The lowest BCUT2D eigenvalue weighted by Gasteiger charge is -2.07. The Morgan fingerprint density at radius 2 is 1.92 bits per heavy atom. The minimum atomic E-state index is -4.32. The Morgan fingerprint density at radius 1 is 1.31 bits per heavy atom. The molecule has 1 aromatic heterocycles. The van der Waals surface area contributed by atoms with Gasteiger partial charge in [-0.25, -0.2) is 4.98 Å². The van der Waals surface area contributed by atoms with Crippen molar-refractivity contribution in [3.8, 4) is 0 Å². The first-order valence-corrected chi connectivity index (χ1v) is 5.14. The maximum atomic E-state index is 12.2. The van der Waals surface area contributed by atoms with Crippen LogP contribution >= 0.6 is 31.9 Å². The topological polar surface area (TPSA) is 12.9 Å². The predicted octanol–water partition coefficient (Wildman–Crippen LogP) is 3.76. The van der Waals surface area contributed by atoms with Crippen LogP contribution in [0.5, 0.6) is 0 Å². The average Bonchev–Trinajstić information content (AvgIpc) is 2.01. The molecule has 0 aliphatic carbocycles. The van der Waals surface area contributed by atoms with Gasteiger partial charge in [-0.05, 0) is 28.1 Å². The van der Waals surface area contributed by atoms with Crippen LogP contribution in [0.4, 0.5) is 13.2 Å². The average molecular weight is 319 g/mol. The van der Waals surface area contributed by atoms with Gasteiger partial charge in [-0.2, -0.15) is 13.2 Å². The van der Waals surface area contributed by atoms with Crippen molar-refractivity contribution in [2.45, 2.75) is 11.5 Å². The van der Waals surface area contributed by atoms with Gasteiger partial charge in [-0.1, -0.05) is 15.9 Å². The van der Waals surface area contributed by atoms with Crippen LogP contribution in [0.15, 0.2) is 16.7 Å². The van der Waals surface area contributed by atoms with E-state index in [0.717, 1.165) is 12.1 Å². The van der Waals surface area contributed by atoms with E-state index < -0.39 is 11.7 Å². The molecule has 1 rings (SSSR count). The van der Waals surface area contributed by atoms with E-state index in [2.05, 4.69) is 36.8 Å². The van der Waals surface area contributed by atoms with Gasteiger partial charge in [-0.15, -0.1) is 0 Å². The van der Waals surface area contributed by atoms with Crippen molar-refractivity contribution in [2.24, 2.45) is 0 Å². The van der Waals surface area contributed by atoms with E-state index in [1.807, 2.05) is 0 Å². The standard InChI is InChI=1S/C7H4Br2F3N/c8-3-5-1-4(7(10,11)12)2-6(9)13-5/h1-2H,3H2. The molecule has 0 bridgehead atoms. The first-order valence-electron chi connectivity index (χ1n) is 3.23. The lowest BCUT2D eigenvalue weighted by molar-refractivity contribution is -0.137. The number of hydrogen-bond acceptors (Lipinski definition) is 1. The van der Waals surface area contributed by atoms with E-state index in [4.69, 9.17) is 0 Å². The number of nitrogens with zero attached hydrogens (tertiary/aromatic N) is 1. The van der Waals surface area contributed by atoms with Crippen molar-refractivity contribution in [1.82, 2.24) is 4.98 Å². The Hall–Kier alpha value is -0.100. The van der Waals surface area contributed by atoms with Crippen molar-refractivity contribution in [3.05, 3.63) is 28.0 Å².